The van der Waals surface area contributed by atoms with Crippen LogP contribution in [0.15, 0.2) is 24.3 Å². The molecule has 0 aliphatic carbocycles. The van der Waals surface area contributed by atoms with Crippen LogP contribution in [0.5, 0.6) is 0 Å². The monoisotopic (exact) mass is 391 g/mol. The molecule has 10 heteroatoms. The predicted octanol–water partition coefficient (Wildman–Crippen LogP) is 3.14. The number of halogens is 3. The van der Waals surface area contributed by atoms with Crippen LogP contribution in [0.25, 0.3) is 5.78 Å². The van der Waals surface area contributed by atoms with Crippen LogP contribution in [-0.4, -0.2) is 31.3 Å². The lowest BCUT2D eigenvalue weighted by Gasteiger charge is -2.11. The molecule has 0 atom stereocenters. The topological polar surface area (TPSA) is 89.2 Å². The Hall–Kier alpha value is -3.30. The first-order chi connectivity index (χ1) is 13.1. The van der Waals surface area contributed by atoms with Crippen LogP contribution in [0.3, 0.4) is 0 Å². The van der Waals surface area contributed by atoms with E-state index in [1.165, 1.54) is 6.92 Å². The molecule has 28 heavy (non-hydrogen) atoms. The number of alkyl halides is 3. The van der Waals surface area contributed by atoms with Gasteiger partial charge in [-0.3, -0.25) is 9.59 Å². The van der Waals surface area contributed by atoms with E-state index in [-0.39, 0.29) is 23.9 Å². The van der Waals surface area contributed by atoms with Gasteiger partial charge in [0.2, 0.25) is 5.91 Å². The van der Waals surface area contributed by atoms with Gasteiger partial charge < -0.3 is 5.32 Å². The zero-order valence-electron chi connectivity index (χ0n) is 15.3. The van der Waals surface area contributed by atoms with Gasteiger partial charge in [-0.2, -0.15) is 18.2 Å². The molecule has 2 aromatic heterocycles. The van der Waals surface area contributed by atoms with E-state index in [0.29, 0.717) is 28.2 Å². The highest BCUT2D eigenvalue weighted by atomic mass is 19.4. The average molecular weight is 391 g/mol. The zero-order chi connectivity index (χ0) is 20.6. The van der Waals surface area contributed by atoms with Gasteiger partial charge in [0, 0.05) is 28.2 Å². The van der Waals surface area contributed by atoms with Crippen molar-refractivity contribution >= 4 is 23.2 Å². The first-order valence-corrected chi connectivity index (χ1v) is 8.27. The molecule has 0 saturated carbocycles. The second-order valence-electron chi connectivity index (χ2n) is 6.26. The number of aryl methyl sites for hydroxylation is 2. The number of hydrogen-bond donors (Lipinski definition) is 1. The third kappa shape index (κ3) is 3.85. The summed E-state index contributed by atoms with van der Waals surface area (Å²) in [6, 6.07) is 6.39. The molecule has 3 rings (SSSR count). The molecule has 7 nitrogen and oxygen atoms in total. The Labute approximate surface area is 157 Å². The Bertz CT molecular complexity index is 1070. The van der Waals surface area contributed by atoms with Crippen LogP contribution < -0.4 is 5.32 Å². The summed E-state index contributed by atoms with van der Waals surface area (Å²) in [4.78, 5) is 31.1. The first kappa shape index (κ1) is 19.5. The van der Waals surface area contributed by atoms with Crippen molar-refractivity contribution in [3.8, 4) is 0 Å². The smallest absolute Gasteiger partial charge is 0.326 e. The summed E-state index contributed by atoms with van der Waals surface area (Å²) >= 11 is 0. The molecule has 0 radical (unpaired) electrons. The summed E-state index contributed by atoms with van der Waals surface area (Å²) in [5.41, 5.74) is 2.23. The van der Waals surface area contributed by atoms with Crippen molar-refractivity contribution in [3.63, 3.8) is 0 Å². The van der Waals surface area contributed by atoms with Gasteiger partial charge in [0.1, 0.15) is 0 Å². The number of nitrogens with zero attached hydrogens (tertiary/aromatic N) is 4. The Kier molecular flexibility index (Phi) is 4.88. The number of anilines is 1. The van der Waals surface area contributed by atoms with E-state index in [9.17, 15) is 22.8 Å². The van der Waals surface area contributed by atoms with Crippen molar-refractivity contribution in [2.45, 2.75) is 33.4 Å². The Morgan fingerprint density at radius 2 is 1.75 bits per heavy atom. The Morgan fingerprint density at radius 1 is 1.11 bits per heavy atom. The molecule has 1 aromatic carbocycles. The van der Waals surface area contributed by atoms with E-state index in [1.54, 1.807) is 38.1 Å². The molecule has 0 aliphatic heterocycles. The maximum Gasteiger partial charge on any atom is 0.453 e. The van der Waals surface area contributed by atoms with Crippen molar-refractivity contribution in [1.82, 2.24) is 19.6 Å². The molecule has 1 N–H and O–H groups in total. The number of nitrogens with one attached hydrogen (secondary N) is 1. The van der Waals surface area contributed by atoms with E-state index in [4.69, 9.17) is 0 Å². The van der Waals surface area contributed by atoms with Gasteiger partial charge in [-0.25, -0.2) is 9.50 Å². The highest BCUT2D eigenvalue weighted by Gasteiger charge is 2.37. The third-order valence-corrected chi connectivity index (χ3v) is 4.22. The summed E-state index contributed by atoms with van der Waals surface area (Å²) in [5, 5.41) is 6.14. The summed E-state index contributed by atoms with van der Waals surface area (Å²) in [6.07, 6.45) is -4.78. The fraction of sp³-hybridized carbons (Fsp3) is 0.278. The van der Waals surface area contributed by atoms with Crippen molar-refractivity contribution in [2.75, 3.05) is 5.32 Å². The van der Waals surface area contributed by atoms with Crippen LogP contribution in [0.1, 0.15) is 40.1 Å². The lowest BCUT2D eigenvalue weighted by atomic mass is 10.1. The number of fused-ring (bicyclic) bond motifs is 1. The molecule has 0 spiro atoms. The molecule has 0 unspecified atom stereocenters. The van der Waals surface area contributed by atoms with E-state index < -0.39 is 12.0 Å². The number of benzene rings is 1. The lowest BCUT2D eigenvalue weighted by molar-refractivity contribution is -0.144. The van der Waals surface area contributed by atoms with Crippen LogP contribution in [0.4, 0.5) is 18.9 Å². The molecule has 0 bridgehead atoms. The second kappa shape index (κ2) is 7.02. The van der Waals surface area contributed by atoms with Gasteiger partial charge in [0.05, 0.1) is 6.42 Å². The van der Waals surface area contributed by atoms with Crippen molar-refractivity contribution in [2.24, 2.45) is 0 Å². The number of amides is 1. The molecule has 146 valence electrons. The SMILES string of the molecule is CC(=O)c1ccc(NC(=O)Cc2c(C)nc3nc(C(F)(F)F)nn3c2C)cc1. The first-order valence-electron chi connectivity index (χ1n) is 8.27. The number of carbonyl (C=O) groups excluding carboxylic acids is 2. The van der Waals surface area contributed by atoms with Crippen molar-refractivity contribution in [3.05, 3.63) is 52.6 Å². The van der Waals surface area contributed by atoms with E-state index in [0.717, 1.165) is 4.52 Å². The highest BCUT2D eigenvalue weighted by molar-refractivity contribution is 5.96. The van der Waals surface area contributed by atoms with Crippen LogP contribution in [0.2, 0.25) is 0 Å². The standard InChI is InChI=1S/C18H16F3N5O2/c1-9-14(8-15(28)23-13-6-4-12(5-7-13)11(3)27)10(2)26-17(22-9)24-16(25-26)18(19,20)21/h4-7H,8H2,1-3H3,(H,23,28). The number of carbonyl (C=O) groups is 2. The van der Waals surface area contributed by atoms with E-state index in [2.05, 4.69) is 20.4 Å². The molecule has 2 heterocycles. The minimum atomic E-state index is -4.68. The number of ketones is 1. The number of rotatable bonds is 4. The largest absolute Gasteiger partial charge is 0.453 e. The van der Waals surface area contributed by atoms with Crippen LogP contribution >= 0.6 is 0 Å². The number of hydrogen-bond acceptors (Lipinski definition) is 5. The Balaban J connectivity index is 1.84. The summed E-state index contributed by atoms with van der Waals surface area (Å²) < 4.78 is 39.5. The lowest BCUT2D eigenvalue weighted by Crippen LogP contribution is -2.18. The van der Waals surface area contributed by atoms with Gasteiger partial charge >= 0.3 is 6.18 Å². The quantitative estimate of drug-likeness (QED) is 0.690. The van der Waals surface area contributed by atoms with Gasteiger partial charge in [-0.15, -0.1) is 5.10 Å². The average Bonchev–Trinajstić information content (AvgIpc) is 3.03. The summed E-state index contributed by atoms with van der Waals surface area (Å²) in [5.74, 6) is -1.92. The maximum atomic E-state index is 12.8. The number of aromatic nitrogens is 4. The fourth-order valence-electron chi connectivity index (χ4n) is 2.74. The second-order valence-corrected chi connectivity index (χ2v) is 6.26. The van der Waals surface area contributed by atoms with Crippen LogP contribution in [0, 0.1) is 13.8 Å². The molecule has 0 fully saturated rings. The van der Waals surface area contributed by atoms with Crippen LogP contribution in [-0.2, 0) is 17.4 Å². The van der Waals surface area contributed by atoms with Gasteiger partial charge in [-0.1, -0.05) is 0 Å². The molecule has 1 amide bonds. The predicted molar refractivity (Wildman–Crippen MR) is 94.0 cm³/mol. The minimum Gasteiger partial charge on any atom is -0.326 e. The van der Waals surface area contributed by atoms with Gasteiger partial charge in [0.25, 0.3) is 11.6 Å². The van der Waals surface area contributed by atoms with Crippen molar-refractivity contribution < 1.29 is 22.8 Å². The highest BCUT2D eigenvalue weighted by Crippen LogP contribution is 2.27. The number of Topliss-reactive ketones (excluding diaryl/α,β-unsaturated/α-hetero) is 1. The Morgan fingerprint density at radius 3 is 2.32 bits per heavy atom. The summed E-state index contributed by atoms with van der Waals surface area (Å²) in [6.45, 7) is 4.59. The normalized spacial score (nSPS) is 11.6. The molecule has 0 aliphatic rings. The molecular weight excluding hydrogens is 375 g/mol. The zero-order valence-corrected chi connectivity index (χ0v) is 15.3. The fourth-order valence-corrected chi connectivity index (χ4v) is 2.74. The molecule has 0 saturated heterocycles. The van der Waals surface area contributed by atoms with Crippen molar-refractivity contribution in [1.29, 1.82) is 0 Å². The minimum absolute atomic E-state index is 0.0884. The summed E-state index contributed by atoms with van der Waals surface area (Å²) in [7, 11) is 0. The molecule has 3 aromatic rings. The third-order valence-electron chi connectivity index (χ3n) is 4.22. The molecular formula is C18H16F3N5O2. The van der Waals surface area contributed by atoms with E-state index in [1.807, 2.05) is 0 Å². The maximum absolute atomic E-state index is 12.8. The van der Waals surface area contributed by atoms with Gasteiger partial charge in [0.15, 0.2) is 5.78 Å². The van der Waals surface area contributed by atoms with Gasteiger partial charge in [-0.05, 0) is 45.0 Å². The van der Waals surface area contributed by atoms with E-state index >= 15 is 0 Å².